The van der Waals surface area contributed by atoms with E-state index >= 15 is 0 Å². The summed E-state index contributed by atoms with van der Waals surface area (Å²) < 4.78 is 5.22. The summed E-state index contributed by atoms with van der Waals surface area (Å²) in [6.07, 6.45) is 15.9. The van der Waals surface area contributed by atoms with Crippen molar-refractivity contribution in [3.63, 3.8) is 0 Å². The summed E-state index contributed by atoms with van der Waals surface area (Å²) in [5.41, 5.74) is 2.04. The molecule has 1 saturated carbocycles. The minimum absolute atomic E-state index is 0.00873. The van der Waals surface area contributed by atoms with Gasteiger partial charge in [0, 0.05) is 42.3 Å². The second-order valence-corrected chi connectivity index (χ2v) is 11.8. The molecule has 0 spiro atoms. The molecule has 0 unspecified atom stereocenters. The summed E-state index contributed by atoms with van der Waals surface area (Å²) in [7, 11) is 1.43. The maximum absolute atomic E-state index is 14.2. The van der Waals surface area contributed by atoms with Gasteiger partial charge in [0.1, 0.15) is 4.88 Å². The average Bonchev–Trinajstić information content (AvgIpc) is 3.39. The van der Waals surface area contributed by atoms with Crippen molar-refractivity contribution in [2.45, 2.75) is 77.2 Å². The van der Waals surface area contributed by atoms with Gasteiger partial charge in [0.15, 0.2) is 0 Å². The van der Waals surface area contributed by atoms with Crippen LogP contribution in [0.3, 0.4) is 0 Å². The number of amides is 1. The molecule has 0 bridgehead atoms. The molecule has 2 aliphatic carbocycles. The highest BCUT2D eigenvalue weighted by Crippen LogP contribution is 2.41. The molecule has 3 heterocycles. The molecule has 2 aromatic rings. The number of hydrogen-bond donors (Lipinski definition) is 0. The summed E-state index contributed by atoms with van der Waals surface area (Å²) in [4.78, 5) is 41.9. The van der Waals surface area contributed by atoms with Gasteiger partial charge in [0.25, 0.3) is 0 Å². The van der Waals surface area contributed by atoms with Crippen molar-refractivity contribution >= 4 is 40.4 Å². The third-order valence-electron chi connectivity index (χ3n) is 8.22. The molecule has 8 heteroatoms. The lowest BCUT2D eigenvalue weighted by Gasteiger charge is -2.40. The summed E-state index contributed by atoms with van der Waals surface area (Å²) >= 11 is 1.49. The van der Waals surface area contributed by atoms with Gasteiger partial charge in [-0.1, -0.05) is 13.0 Å². The van der Waals surface area contributed by atoms with Crippen LogP contribution < -0.4 is 9.80 Å². The van der Waals surface area contributed by atoms with E-state index in [1.807, 2.05) is 11.0 Å². The van der Waals surface area contributed by atoms with Crippen LogP contribution in [0.4, 0.5) is 11.6 Å². The minimum atomic E-state index is -0.354. The van der Waals surface area contributed by atoms with Crippen LogP contribution in [-0.2, 0) is 9.53 Å². The number of carbonyl (C=O) groups excluding carboxylic acids is 2. The first-order valence-electron chi connectivity index (χ1n) is 13.8. The Morgan fingerprint density at radius 3 is 2.43 bits per heavy atom. The molecule has 1 saturated heterocycles. The maximum Gasteiger partial charge on any atom is 0.350 e. The van der Waals surface area contributed by atoms with Crippen molar-refractivity contribution in [1.82, 2.24) is 9.97 Å². The van der Waals surface area contributed by atoms with Crippen LogP contribution in [0, 0.1) is 11.8 Å². The number of carbonyl (C=O) groups is 2. The monoisotopic (exact) mass is 522 g/mol. The highest BCUT2D eigenvalue weighted by atomic mass is 32.1. The number of rotatable bonds is 6. The molecule has 0 atom stereocenters. The fraction of sp³-hybridized carbons (Fsp3) is 0.586. The zero-order valence-electron chi connectivity index (χ0n) is 22.0. The normalized spacial score (nSPS) is 22.9. The Morgan fingerprint density at radius 2 is 1.78 bits per heavy atom. The Kier molecular flexibility index (Phi) is 8.23. The van der Waals surface area contributed by atoms with E-state index in [0.29, 0.717) is 10.8 Å². The third-order valence-corrected chi connectivity index (χ3v) is 9.40. The number of anilines is 2. The van der Waals surface area contributed by atoms with Crippen molar-refractivity contribution in [3.8, 4) is 0 Å². The standard InChI is InChI=1S/C29H38N4O3S/c1-20-9-11-22(12-10-20)27(34)33(23-13-17-32(18-14-23)29-30-15-6-16-31-29)24-19-25(21-7-4-3-5-8-21)37-26(24)28(35)36-2/h6-7,15-16,19-20,22-23H,3-5,8-14,17-18H2,1-2H3/t20-,22-. The Morgan fingerprint density at radius 1 is 1.05 bits per heavy atom. The smallest absolute Gasteiger partial charge is 0.350 e. The summed E-state index contributed by atoms with van der Waals surface area (Å²) in [6, 6.07) is 3.95. The number of hydrogen-bond acceptors (Lipinski definition) is 7. The van der Waals surface area contributed by atoms with E-state index in [-0.39, 0.29) is 23.8 Å². The molecule has 2 fully saturated rings. The first-order chi connectivity index (χ1) is 18.0. The number of nitrogens with zero attached hydrogens (tertiary/aromatic N) is 4. The number of ether oxygens (including phenoxy) is 1. The van der Waals surface area contributed by atoms with Gasteiger partial charge in [-0.3, -0.25) is 4.79 Å². The Hall–Kier alpha value is -2.74. The molecule has 3 aliphatic rings. The van der Waals surface area contributed by atoms with Gasteiger partial charge in [0.2, 0.25) is 11.9 Å². The molecular weight excluding hydrogens is 484 g/mol. The van der Waals surface area contributed by atoms with Gasteiger partial charge < -0.3 is 14.5 Å². The van der Waals surface area contributed by atoms with Crippen molar-refractivity contribution in [1.29, 1.82) is 0 Å². The first kappa shape index (κ1) is 25.9. The van der Waals surface area contributed by atoms with Crippen LogP contribution in [0.15, 0.2) is 30.6 Å². The van der Waals surface area contributed by atoms with Crippen molar-refractivity contribution in [2.75, 3.05) is 30.0 Å². The van der Waals surface area contributed by atoms with Crippen LogP contribution in [0.5, 0.6) is 0 Å². The molecule has 0 radical (unpaired) electrons. The molecule has 2 aromatic heterocycles. The molecule has 37 heavy (non-hydrogen) atoms. The molecule has 1 aliphatic heterocycles. The number of thiophene rings is 1. The van der Waals surface area contributed by atoms with Crippen molar-refractivity contribution in [3.05, 3.63) is 40.4 Å². The van der Waals surface area contributed by atoms with Crippen LogP contribution in [0.2, 0.25) is 0 Å². The minimum Gasteiger partial charge on any atom is -0.465 e. The lowest BCUT2D eigenvalue weighted by molar-refractivity contribution is -0.124. The molecule has 198 valence electrons. The van der Waals surface area contributed by atoms with Gasteiger partial charge in [-0.2, -0.15) is 0 Å². The Labute approximate surface area is 223 Å². The largest absolute Gasteiger partial charge is 0.465 e. The van der Waals surface area contributed by atoms with E-state index in [0.717, 1.165) is 87.4 Å². The van der Waals surface area contributed by atoms with Crippen molar-refractivity contribution in [2.24, 2.45) is 11.8 Å². The molecule has 5 rings (SSSR count). The maximum atomic E-state index is 14.2. The van der Waals surface area contributed by atoms with Gasteiger partial charge in [-0.25, -0.2) is 14.8 Å². The number of methoxy groups -OCH3 is 1. The predicted molar refractivity (Wildman–Crippen MR) is 148 cm³/mol. The summed E-state index contributed by atoms with van der Waals surface area (Å²) in [5, 5.41) is 0. The SMILES string of the molecule is COC(=O)c1sc(C2=CCCCC2)cc1N(C(=O)[C@H]1CC[C@H](C)CC1)C1CCN(c2ncccn2)CC1. The molecule has 7 nitrogen and oxygen atoms in total. The first-order valence-corrected chi connectivity index (χ1v) is 14.6. The van der Waals surface area contributed by atoms with Gasteiger partial charge >= 0.3 is 5.97 Å². The van der Waals surface area contributed by atoms with Gasteiger partial charge in [0.05, 0.1) is 12.8 Å². The average molecular weight is 523 g/mol. The number of aromatic nitrogens is 2. The summed E-state index contributed by atoms with van der Waals surface area (Å²) in [6.45, 7) is 3.82. The Balaban J connectivity index is 1.47. The molecular formula is C29H38N4O3S. The fourth-order valence-electron chi connectivity index (χ4n) is 6.00. The zero-order valence-corrected chi connectivity index (χ0v) is 22.8. The van der Waals surface area contributed by atoms with Crippen LogP contribution in [0.1, 0.15) is 85.7 Å². The van der Waals surface area contributed by atoms with Crippen LogP contribution >= 0.6 is 11.3 Å². The van der Waals surface area contributed by atoms with E-state index in [9.17, 15) is 9.59 Å². The van der Waals surface area contributed by atoms with E-state index < -0.39 is 0 Å². The predicted octanol–water partition coefficient (Wildman–Crippen LogP) is 6.11. The number of piperidine rings is 1. The highest BCUT2D eigenvalue weighted by molar-refractivity contribution is 7.15. The summed E-state index contributed by atoms with van der Waals surface area (Å²) in [5.74, 6) is 1.23. The van der Waals surface area contributed by atoms with Crippen molar-refractivity contribution < 1.29 is 14.3 Å². The second-order valence-electron chi connectivity index (χ2n) is 10.7. The fourth-order valence-corrected chi connectivity index (χ4v) is 7.13. The molecule has 1 amide bonds. The van der Waals surface area contributed by atoms with Crippen LogP contribution in [-0.4, -0.2) is 48.1 Å². The molecule has 0 aromatic carbocycles. The third kappa shape index (κ3) is 5.74. The van der Waals surface area contributed by atoms with Gasteiger partial charge in [-0.05, 0) is 87.8 Å². The molecule has 0 N–H and O–H groups in total. The number of esters is 1. The lowest BCUT2D eigenvalue weighted by Crippen LogP contribution is -2.50. The van der Waals surface area contributed by atoms with E-state index in [2.05, 4.69) is 33.9 Å². The zero-order chi connectivity index (χ0) is 25.8. The van der Waals surface area contributed by atoms with E-state index in [1.165, 1.54) is 30.4 Å². The number of allylic oxidation sites excluding steroid dienone is 2. The lowest BCUT2D eigenvalue weighted by atomic mass is 9.82. The van der Waals surface area contributed by atoms with Crippen LogP contribution in [0.25, 0.3) is 5.57 Å². The van der Waals surface area contributed by atoms with Gasteiger partial charge in [-0.15, -0.1) is 11.3 Å². The topological polar surface area (TPSA) is 75.6 Å². The Bertz CT molecular complexity index is 1120. The quantitative estimate of drug-likeness (QED) is 0.426. The van der Waals surface area contributed by atoms with E-state index in [1.54, 1.807) is 12.4 Å². The second kappa shape index (κ2) is 11.8. The highest BCUT2D eigenvalue weighted by Gasteiger charge is 2.38. The van der Waals surface area contributed by atoms with E-state index in [4.69, 9.17) is 4.74 Å².